The fraction of sp³-hybridized carbons (Fsp3) is 0.154. The van der Waals surface area contributed by atoms with Crippen LogP contribution in [0.5, 0.6) is 0 Å². The van der Waals surface area contributed by atoms with E-state index in [1.165, 1.54) is 17.8 Å². The number of aryl methyl sites for hydroxylation is 1. The van der Waals surface area contributed by atoms with E-state index >= 15 is 0 Å². The van der Waals surface area contributed by atoms with Crippen molar-refractivity contribution in [2.45, 2.75) is 30.8 Å². The second-order valence-corrected chi connectivity index (χ2v) is 9.07. The number of anilines is 2. The summed E-state index contributed by atoms with van der Waals surface area (Å²) in [7, 11) is 0. The molecule has 1 aliphatic rings. The number of fused-ring (bicyclic) bond motifs is 1. The van der Waals surface area contributed by atoms with E-state index in [4.69, 9.17) is 0 Å². The molecule has 0 saturated carbocycles. The molecule has 1 amide bonds. The summed E-state index contributed by atoms with van der Waals surface area (Å²) < 4.78 is 15.7. The third kappa shape index (κ3) is 4.67. The lowest BCUT2D eigenvalue weighted by Gasteiger charge is -2.28. The lowest BCUT2D eigenvalue weighted by Crippen LogP contribution is -2.32. The van der Waals surface area contributed by atoms with Crippen molar-refractivity contribution >= 4 is 29.3 Å². The lowest BCUT2D eigenvalue weighted by atomic mass is 9.98. The van der Waals surface area contributed by atoms with E-state index in [2.05, 4.69) is 25.7 Å². The van der Waals surface area contributed by atoms with Gasteiger partial charge in [0, 0.05) is 23.3 Å². The van der Waals surface area contributed by atoms with E-state index in [1.54, 1.807) is 29.1 Å². The highest BCUT2D eigenvalue weighted by molar-refractivity contribution is 7.98. The summed E-state index contributed by atoms with van der Waals surface area (Å²) in [5.74, 6) is 0.377. The number of thioether (sulfide) groups is 1. The van der Waals surface area contributed by atoms with Crippen molar-refractivity contribution in [3.63, 3.8) is 0 Å². The monoisotopic (exact) mass is 486 g/mol. The Morgan fingerprint density at radius 1 is 1.09 bits per heavy atom. The highest BCUT2D eigenvalue weighted by atomic mass is 32.2. The number of rotatable bonds is 6. The number of hydrogen-bond donors (Lipinski definition) is 2. The highest BCUT2D eigenvalue weighted by Gasteiger charge is 2.35. The largest absolute Gasteiger partial charge is 0.328 e. The zero-order valence-electron chi connectivity index (χ0n) is 19.2. The first-order valence-electron chi connectivity index (χ1n) is 11.1. The summed E-state index contributed by atoms with van der Waals surface area (Å²) in [6, 6.07) is 19.3. The van der Waals surface area contributed by atoms with Crippen molar-refractivity contribution < 1.29 is 9.18 Å². The zero-order chi connectivity index (χ0) is 24.4. The minimum absolute atomic E-state index is 0.248. The van der Waals surface area contributed by atoms with Gasteiger partial charge in [0.2, 0.25) is 11.1 Å². The SMILES string of the molecule is CC1=C(C(=O)Nc2ccccc2C)[C@H](c2ccccn2)n2nc(SCc3ccccc3F)nc2N1. The van der Waals surface area contributed by atoms with Crippen molar-refractivity contribution in [1.29, 1.82) is 0 Å². The van der Waals surface area contributed by atoms with Gasteiger partial charge in [-0.05, 0) is 49.2 Å². The number of carbonyl (C=O) groups excluding carboxylic acids is 1. The number of aromatic nitrogens is 4. The lowest BCUT2D eigenvalue weighted by molar-refractivity contribution is -0.113. The normalized spacial score (nSPS) is 14.9. The summed E-state index contributed by atoms with van der Waals surface area (Å²) in [6.07, 6.45) is 1.69. The summed E-state index contributed by atoms with van der Waals surface area (Å²) >= 11 is 1.33. The van der Waals surface area contributed by atoms with Crippen LogP contribution in [0.2, 0.25) is 0 Å². The number of benzene rings is 2. The maximum atomic E-state index is 14.1. The quantitative estimate of drug-likeness (QED) is 0.358. The molecule has 2 aromatic carbocycles. The van der Waals surface area contributed by atoms with E-state index in [0.29, 0.717) is 39.4 Å². The average molecular weight is 487 g/mol. The molecule has 0 spiro atoms. The summed E-state index contributed by atoms with van der Waals surface area (Å²) in [5, 5.41) is 11.4. The second-order valence-electron chi connectivity index (χ2n) is 8.13. The minimum atomic E-state index is -0.577. The van der Waals surface area contributed by atoms with Gasteiger partial charge in [0.25, 0.3) is 5.91 Å². The topological polar surface area (TPSA) is 84.7 Å². The van der Waals surface area contributed by atoms with E-state index in [-0.39, 0.29) is 11.7 Å². The van der Waals surface area contributed by atoms with Gasteiger partial charge in [-0.2, -0.15) is 4.98 Å². The maximum absolute atomic E-state index is 14.1. The van der Waals surface area contributed by atoms with Gasteiger partial charge in [0.1, 0.15) is 11.9 Å². The molecule has 1 atom stereocenters. The zero-order valence-corrected chi connectivity index (χ0v) is 20.0. The van der Waals surface area contributed by atoms with Crippen LogP contribution in [-0.4, -0.2) is 25.7 Å². The molecular weight excluding hydrogens is 463 g/mol. The second kappa shape index (κ2) is 9.71. The first-order valence-corrected chi connectivity index (χ1v) is 12.1. The number of nitrogens with zero attached hydrogens (tertiary/aromatic N) is 4. The van der Waals surface area contributed by atoms with Crippen molar-refractivity contribution in [2.75, 3.05) is 10.6 Å². The number of allylic oxidation sites excluding steroid dienone is 1. The van der Waals surface area contributed by atoms with Gasteiger partial charge in [-0.15, -0.1) is 5.10 Å². The van der Waals surface area contributed by atoms with Crippen LogP contribution >= 0.6 is 11.8 Å². The summed E-state index contributed by atoms with van der Waals surface area (Å²) in [6.45, 7) is 3.79. The molecule has 9 heteroatoms. The molecule has 2 aromatic heterocycles. The van der Waals surface area contributed by atoms with Crippen LogP contribution < -0.4 is 10.6 Å². The van der Waals surface area contributed by atoms with Crippen LogP contribution in [0, 0.1) is 12.7 Å². The molecule has 2 N–H and O–H groups in total. The first kappa shape index (κ1) is 22.8. The summed E-state index contributed by atoms with van der Waals surface area (Å²) in [4.78, 5) is 22.7. The van der Waals surface area contributed by atoms with Crippen molar-refractivity contribution in [1.82, 2.24) is 19.7 Å². The van der Waals surface area contributed by atoms with Gasteiger partial charge in [0.05, 0.1) is 11.3 Å². The Morgan fingerprint density at radius 2 is 1.86 bits per heavy atom. The molecule has 1 aliphatic heterocycles. The molecule has 35 heavy (non-hydrogen) atoms. The third-order valence-corrected chi connectivity index (χ3v) is 6.64. The van der Waals surface area contributed by atoms with Gasteiger partial charge < -0.3 is 10.6 Å². The van der Waals surface area contributed by atoms with Crippen molar-refractivity contribution in [3.05, 3.63) is 107 Å². The average Bonchev–Trinajstić information content (AvgIpc) is 3.27. The predicted octanol–water partition coefficient (Wildman–Crippen LogP) is 5.34. The smallest absolute Gasteiger partial charge is 0.255 e. The van der Waals surface area contributed by atoms with Crippen LogP contribution in [0.3, 0.4) is 0 Å². The van der Waals surface area contributed by atoms with Crippen LogP contribution in [0.15, 0.2) is 89.4 Å². The molecule has 0 aliphatic carbocycles. The van der Waals surface area contributed by atoms with Gasteiger partial charge in [-0.25, -0.2) is 9.07 Å². The number of pyridine rings is 1. The van der Waals surface area contributed by atoms with Gasteiger partial charge in [0.15, 0.2) is 0 Å². The molecule has 0 bridgehead atoms. The molecule has 3 heterocycles. The Labute approximate surface area is 206 Å². The molecule has 4 aromatic rings. The third-order valence-electron chi connectivity index (χ3n) is 5.75. The number of para-hydroxylation sites is 1. The fourth-order valence-electron chi connectivity index (χ4n) is 3.96. The molecule has 176 valence electrons. The number of nitrogens with one attached hydrogen (secondary N) is 2. The Balaban J connectivity index is 1.49. The van der Waals surface area contributed by atoms with Crippen LogP contribution in [0.4, 0.5) is 16.0 Å². The van der Waals surface area contributed by atoms with Crippen LogP contribution in [-0.2, 0) is 10.5 Å². The number of amides is 1. The summed E-state index contributed by atoms with van der Waals surface area (Å²) in [5.41, 5.74) is 4.10. The Bertz CT molecular complexity index is 1420. The van der Waals surface area contributed by atoms with Gasteiger partial charge in [-0.3, -0.25) is 9.78 Å². The van der Waals surface area contributed by atoms with Crippen LogP contribution in [0.1, 0.15) is 29.8 Å². The molecule has 5 rings (SSSR count). The first-order chi connectivity index (χ1) is 17.0. The van der Waals surface area contributed by atoms with Gasteiger partial charge >= 0.3 is 0 Å². The molecule has 0 fully saturated rings. The Morgan fingerprint density at radius 3 is 2.63 bits per heavy atom. The Kier molecular flexibility index (Phi) is 6.33. The Hall–Kier alpha value is -3.98. The number of carbonyl (C=O) groups is 1. The number of hydrogen-bond acceptors (Lipinski definition) is 6. The van der Waals surface area contributed by atoms with Crippen molar-refractivity contribution in [3.8, 4) is 0 Å². The molecule has 0 radical (unpaired) electrons. The van der Waals surface area contributed by atoms with Gasteiger partial charge in [-0.1, -0.05) is 54.2 Å². The predicted molar refractivity (Wildman–Crippen MR) is 134 cm³/mol. The van der Waals surface area contributed by atoms with E-state index < -0.39 is 6.04 Å². The van der Waals surface area contributed by atoms with E-state index in [9.17, 15) is 9.18 Å². The van der Waals surface area contributed by atoms with Crippen molar-refractivity contribution in [2.24, 2.45) is 0 Å². The molecule has 7 nitrogen and oxygen atoms in total. The number of halogens is 1. The van der Waals surface area contributed by atoms with E-state index in [1.807, 2.05) is 56.3 Å². The molecule has 0 saturated heterocycles. The minimum Gasteiger partial charge on any atom is -0.328 e. The maximum Gasteiger partial charge on any atom is 0.255 e. The fourth-order valence-corrected chi connectivity index (χ4v) is 4.77. The highest BCUT2D eigenvalue weighted by Crippen LogP contribution is 2.36. The van der Waals surface area contributed by atoms with Crippen LogP contribution in [0.25, 0.3) is 0 Å². The standard InChI is InChI=1S/C26H23FN6OS/c1-16-9-3-6-12-20(16)30-24(34)22-17(2)29-25-31-26(35-15-18-10-4-5-11-19(18)27)32-33(25)23(22)21-13-7-8-14-28-21/h3-14,23H,15H2,1-2H3,(H,30,34)(H,29,31,32)/t23-/m0/s1. The van der Waals surface area contributed by atoms with E-state index in [0.717, 1.165) is 11.3 Å². The molecule has 0 unspecified atom stereocenters. The molecular formula is C26H23FN6OS.